The SMILES string of the molecule is O=C1Nc2ccc(F)cc2CN1CC(=O)N1C[C@@H]2C=C(c3ccc(C(F)(F)F)nc3)[C@H]1C2. The van der Waals surface area contributed by atoms with Crippen LogP contribution in [0.1, 0.15) is 23.2 Å². The largest absolute Gasteiger partial charge is 0.433 e. The smallest absolute Gasteiger partial charge is 0.333 e. The van der Waals surface area contributed by atoms with Crippen LogP contribution >= 0.6 is 0 Å². The second-order valence-electron chi connectivity index (χ2n) is 8.20. The number of aromatic nitrogens is 1. The highest BCUT2D eigenvalue weighted by Gasteiger charge is 2.43. The molecule has 1 aromatic heterocycles. The topological polar surface area (TPSA) is 65.5 Å². The van der Waals surface area contributed by atoms with Crippen molar-refractivity contribution >= 4 is 23.2 Å². The van der Waals surface area contributed by atoms with Gasteiger partial charge in [-0.1, -0.05) is 12.1 Å². The number of carbonyl (C=O) groups excluding carboxylic acids is 2. The standard InChI is InChI=1S/C22H18F4N4O2/c23-15-2-3-17-14(7-15)10-29(21(32)28-17)11-20(31)30-9-12-5-16(18(30)6-12)13-1-4-19(27-8-13)22(24,25)26/h1-5,7-8,12,18H,6,9-11H2,(H,28,32)/t12-,18-/m1/s1. The Morgan fingerprint density at radius 3 is 2.72 bits per heavy atom. The van der Waals surface area contributed by atoms with Crippen LogP contribution < -0.4 is 5.32 Å². The lowest BCUT2D eigenvalue weighted by atomic mass is 10.0. The van der Waals surface area contributed by atoms with Crippen LogP contribution in [0.15, 0.2) is 42.6 Å². The predicted molar refractivity (Wildman–Crippen MR) is 107 cm³/mol. The van der Waals surface area contributed by atoms with Gasteiger partial charge in [-0.25, -0.2) is 9.18 Å². The molecule has 0 radical (unpaired) electrons. The van der Waals surface area contributed by atoms with Crippen LogP contribution in [0.5, 0.6) is 0 Å². The van der Waals surface area contributed by atoms with Gasteiger partial charge in [-0.05, 0) is 53.3 Å². The molecular formula is C22H18F4N4O2. The third-order valence-electron chi connectivity index (χ3n) is 6.10. The maximum absolute atomic E-state index is 13.5. The Morgan fingerprint density at radius 1 is 1.22 bits per heavy atom. The summed E-state index contributed by atoms with van der Waals surface area (Å²) in [4.78, 5) is 31.9. The van der Waals surface area contributed by atoms with E-state index in [4.69, 9.17) is 0 Å². The fourth-order valence-electron chi connectivity index (χ4n) is 4.61. The Labute approximate surface area is 180 Å². The van der Waals surface area contributed by atoms with Gasteiger partial charge < -0.3 is 15.1 Å². The number of fused-ring (bicyclic) bond motifs is 3. The first-order chi connectivity index (χ1) is 15.2. The molecule has 10 heteroatoms. The van der Waals surface area contributed by atoms with Gasteiger partial charge in [0.2, 0.25) is 5.91 Å². The van der Waals surface area contributed by atoms with Crippen molar-refractivity contribution in [2.24, 2.45) is 5.92 Å². The zero-order valence-electron chi connectivity index (χ0n) is 16.7. The summed E-state index contributed by atoms with van der Waals surface area (Å²) in [5.74, 6) is -0.591. The third-order valence-corrected chi connectivity index (χ3v) is 6.10. The van der Waals surface area contributed by atoms with Gasteiger partial charge in [-0.3, -0.25) is 9.78 Å². The molecule has 1 fully saturated rings. The van der Waals surface area contributed by atoms with Crippen LogP contribution in [0, 0.1) is 11.7 Å². The van der Waals surface area contributed by atoms with Crippen LogP contribution in [-0.4, -0.2) is 45.9 Å². The average Bonchev–Trinajstić information content (AvgIpc) is 3.35. The van der Waals surface area contributed by atoms with Crippen molar-refractivity contribution in [1.82, 2.24) is 14.8 Å². The summed E-state index contributed by atoms with van der Waals surface area (Å²) in [7, 11) is 0. The van der Waals surface area contributed by atoms with E-state index in [0.29, 0.717) is 29.8 Å². The van der Waals surface area contributed by atoms with Gasteiger partial charge in [0.05, 0.1) is 12.6 Å². The number of nitrogens with one attached hydrogen (secondary N) is 1. The lowest BCUT2D eigenvalue weighted by molar-refractivity contribution is -0.141. The zero-order chi connectivity index (χ0) is 22.6. The first-order valence-corrected chi connectivity index (χ1v) is 10.1. The fourth-order valence-corrected chi connectivity index (χ4v) is 4.61. The van der Waals surface area contributed by atoms with Gasteiger partial charge in [0, 0.05) is 18.4 Å². The molecule has 3 heterocycles. The van der Waals surface area contributed by atoms with E-state index in [2.05, 4.69) is 10.3 Å². The highest BCUT2D eigenvalue weighted by molar-refractivity contribution is 5.95. The molecule has 3 aliphatic rings. The first-order valence-electron chi connectivity index (χ1n) is 10.1. The van der Waals surface area contributed by atoms with E-state index in [1.807, 2.05) is 6.08 Å². The monoisotopic (exact) mass is 446 g/mol. The average molecular weight is 446 g/mol. The lowest BCUT2D eigenvalue weighted by Crippen LogP contribution is -2.48. The number of rotatable bonds is 3. The van der Waals surface area contributed by atoms with E-state index in [1.165, 1.54) is 35.4 Å². The second-order valence-corrected chi connectivity index (χ2v) is 8.20. The Morgan fingerprint density at radius 2 is 2.03 bits per heavy atom. The summed E-state index contributed by atoms with van der Waals surface area (Å²) >= 11 is 0. The van der Waals surface area contributed by atoms with E-state index < -0.39 is 23.7 Å². The fraction of sp³-hybridized carbons (Fsp3) is 0.318. The summed E-state index contributed by atoms with van der Waals surface area (Å²) in [5.41, 5.74) is 1.44. The van der Waals surface area contributed by atoms with Gasteiger partial charge >= 0.3 is 12.2 Å². The van der Waals surface area contributed by atoms with Gasteiger partial charge in [0.25, 0.3) is 0 Å². The maximum atomic E-state index is 13.5. The molecule has 2 aliphatic heterocycles. The van der Waals surface area contributed by atoms with Crippen molar-refractivity contribution in [1.29, 1.82) is 0 Å². The predicted octanol–water partition coefficient (Wildman–Crippen LogP) is 3.90. The number of carbonyl (C=O) groups is 2. The number of amides is 3. The molecule has 32 heavy (non-hydrogen) atoms. The summed E-state index contributed by atoms with van der Waals surface area (Å²) in [6.45, 7) is 0.420. The molecule has 1 N–H and O–H groups in total. The number of urea groups is 1. The molecular weight excluding hydrogens is 428 g/mol. The molecule has 0 spiro atoms. The molecule has 2 bridgehead atoms. The number of nitrogens with zero attached hydrogens (tertiary/aromatic N) is 3. The number of halogens is 4. The van der Waals surface area contributed by atoms with E-state index in [0.717, 1.165) is 11.6 Å². The number of hydrogen-bond donors (Lipinski definition) is 1. The highest BCUT2D eigenvalue weighted by atomic mass is 19.4. The minimum Gasteiger partial charge on any atom is -0.333 e. The van der Waals surface area contributed by atoms with E-state index in [1.54, 1.807) is 4.90 Å². The van der Waals surface area contributed by atoms with Crippen LogP contribution in [-0.2, 0) is 17.5 Å². The molecule has 2 atom stereocenters. The van der Waals surface area contributed by atoms with Crippen LogP contribution in [0.2, 0.25) is 0 Å². The van der Waals surface area contributed by atoms with Gasteiger partial charge in [0.1, 0.15) is 18.1 Å². The summed E-state index contributed by atoms with van der Waals surface area (Å²) < 4.78 is 51.9. The van der Waals surface area contributed by atoms with Crippen molar-refractivity contribution in [3.05, 3.63) is 65.2 Å². The number of pyridine rings is 1. The molecule has 1 saturated heterocycles. The minimum atomic E-state index is -4.51. The van der Waals surface area contributed by atoms with Gasteiger partial charge in [-0.15, -0.1) is 0 Å². The molecule has 6 nitrogen and oxygen atoms in total. The highest BCUT2D eigenvalue weighted by Crippen LogP contribution is 2.42. The summed E-state index contributed by atoms with van der Waals surface area (Å²) in [5, 5.41) is 2.66. The molecule has 1 aliphatic carbocycles. The second kappa shape index (κ2) is 7.32. The summed E-state index contributed by atoms with van der Waals surface area (Å²) in [6.07, 6.45) is -0.671. The Balaban J connectivity index is 1.30. The minimum absolute atomic E-state index is 0.103. The maximum Gasteiger partial charge on any atom is 0.433 e. The normalized spacial score (nSPS) is 22.0. The Hall–Kier alpha value is -3.43. The van der Waals surface area contributed by atoms with Crippen molar-refractivity contribution in [2.45, 2.75) is 25.2 Å². The van der Waals surface area contributed by atoms with Crippen molar-refractivity contribution in [2.75, 3.05) is 18.4 Å². The van der Waals surface area contributed by atoms with E-state index >= 15 is 0 Å². The van der Waals surface area contributed by atoms with Gasteiger partial charge in [0.15, 0.2) is 0 Å². The van der Waals surface area contributed by atoms with Crippen molar-refractivity contribution < 1.29 is 27.2 Å². The Kier molecular flexibility index (Phi) is 4.68. The molecule has 1 aromatic carbocycles. The van der Waals surface area contributed by atoms with Gasteiger partial charge in [-0.2, -0.15) is 13.2 Å². The van der Waals surface area contributed by atoms with E-state index in [-0.39, 0.29) is 31.0 Å². The van der Waals surface area contributed by atoms with Crippen LogP contribution in [0.3, 0.4) is 0 Å². The third kappa shape index (κ3) is 3.59. The quantitative estimate of drug-likeness (QED) is 0.728. The molecule has 0 unspecified atom stereocenters. The zero-order valence-corrected chi connectivity index (χ0v) is 16.7. The first kappa shape index (κ1) is 20.5. The van der Waals surface area contributed by atoms with Crippen molar-refractivity contribution in [3.8, 4) is 0 Å². The molecule has 5 rings (SSSR count). The molecule has 166 valence electrons. The van der Waals surface area contributed by atoms with Crippen LogP contribution in [0.4, 0.5) is 28.0 Å². The summed E-state index contributed by atoms with van der Waals surface area (Å²) in [6, 6.07) is 5.65. The number of alkyl halides is 3. The Bertz CT molecular complexity index is 1130. The number of anilines is 1. The molecule has 0 saturated carbocycles. The van der Waals surface area contributed by atoms with Crippen molar-refractivity contribution in [3.63, 3.8) is 0 Å². The number of hydrogen-bond acceptors (Lipinski definition) is 3. The van der Waals surface area contributed by atoms with Crippen LogP contribution in [0.25, 0.3) is 5.57 Å². The number of benzene rings is 1. The molecule has 2 aromatic rings. The number of likely N-dealkylation sites (tertiary alicyclic amines) is 1. The van der Waals surface area contributed by atoms with E-state index in [9.17, 15) is 27.2 Å². The lowest BCUT2D eigenvalue weighted by Gasteiger charge is -2.33. The molecule has 3 amide bonds.